The normalized spacial score (nSPS) is 11.5. The number of hydrogen-bond donors (Lipinski definition) is 0. The highest BCUT2D eigenvalue weighted by atomic mass is 19.4. The third-order valence-corrected chi connectivity index (χ3v) is 2.21. The van der Waals surface area contributed by atoms with Crippen molar-refractivity contribution >= 4 is 0 Å². The van der Waals surface area contributed by atoms with E-state index in [9.17, 15) is 13.2 Å². The first-order valence-electron chi connectivity index (χ1n) is 4.76. The van der Waals surface area contributed by atoms with Crippen molar-refractivity contribution in [3.05, 3.63) is 47.5 Å². The molecule has 0 aliphatic carbocycles. The molecule has 0 saturated carbocycles. The van der Waals surface area contributed by atoms with Gasteiger partial charge in [0.25, 0.3) is 0 Å². The van der Waals surface area contributed by atoms with Crippen molar-refractivity contribution in [2.24, 2.45) is 0 Å². The molecule has 0 amide bonds. The molecule has 0 atom stereocenters. The van der Waals surface area contributed by atoms with E-state index >= 15 is 0 Å². The summed E-state index contributed by atoms with van der Waals surface area (Å²) in [5.41, 5.74) is 1.01. The first-order valence-corrected chi connectivity index (χ1v) is 4.76. The fourth-order valence-corrected chi connectivity index (χ4v) is 1.27. The Balaban J connectivity index is 2.88. The second kappa shape index (κ2) is 4.51. The van der Waals surface area contributed by atoms with E-state index in [-0.39, 0.29) is 0 Å². The van der Waals surface area contributed by atoms with Gasteiger partial charge in [0.15, 0.2) is 0 Å². The lowest BCUT2D eigenvalue weighted by Crippen LogP contribution is -2.05. The molecular formula is C12H13F3. The summed E-state index contributed by atoms with van der Waals surface area (Å²) >= 11 is 0. The van der Waals surface area contributed by atoms with Crippen molar-refractivity contribution in [1.29, 1.82) is 0 Å². The molecule has 0 radical (unpaired) electrons. The molecule has 0 aliphatic heterocycles. The topological polar surface area (TPSA) is 0 Å². The van der Waals surface area contributed by atoms with Gasteiger partial charge in [0.2, 0.25) is 0 Å². The van der Waals surface area contributed by atoms with E-state index in [1.165, 1.54) is 12.1 Å². The molecule has 0 saturated heterocycles. The van der Waals surface area contributed by atoms with Crippen molar-refractivity contribution in [3.63, 3.8) is 0 Å². The summed E-state index contributed by atoms with van der Waals surface area (Å²) in [6.07, 6.45) is -2.96. The lowest BCUT2D eigenvalue weighted by molar-refractivity contribution is -0.137. The minimum Gasteiger partial charge on any atom is -0.166 e. The zero-order valence-electron chi connectivity index (χ0n) is 8.56. The van der Waals surface area contributed by atoms with Gasteiger partial charge >= 0.3 is 6.18 Å². The van der Waals surface area contributed by atoms with Crippen LogP contribution >= 0.6 is 0 Å². The Hall–Kier alpha value is -1.25. The number of hydrogen-bond acceptors (Lipinski definition) is 0. The quantitative estimate of drug-likeness (QED) is 0.661. The molecule has 82 valence electrons. The molecule has 0 fully saturated rings. The van der Waals surface area contributed by atoms with Crippen LogP contribution in [0.15, 0.2) is 36.4 Å². The van der Waals surface area contributed by atoms with Crippen LogP contribution in [0, 0.1) is 0 Å². The molecule has 0 nitrogen and oxygen atoms in total. The number of benzene rings is 1. The lowest BCUT2D eigenvalue weighted by atomic mass is 10.0. The Morgan fingerprint density at radius 2 is 2.00 bits per heavy atom. The van der Waals surface area contributed by atoms with Gasteiger partial charge < -0.3 is 0 Å². The summed E-state index contributed by atoms with van der Waals surface area (Å²) in [5, 5.41) is 0. The van der Waals surface area contributed by atoms with E-state index in [0.717, 1.165) is 18.1 Å². The minimum atomic E-state index is -4.26. The highest BCUT2D eigenvalue weighted by molar-refractivity contribution is 5.28. The zero-order valence-corrected chi connectivity index (χ0v) is 8.56. The average Bonchev–Trinajstić information content (AvgIpc) is 2.17. The van der Waals surface area contributed by atoms with Crippen molar-refractivity contribution in [1.82, 2.24) is 0 Å². The van der Waals surface area contributed by atoms with Crippen molar-refractivity contribution in [2.75, 3.05) is 0 Å². The molecule has 1 aromatic rings. The Labute approximate surface area is 87.4 Å². The lowest BCUT2D eigenvalue weighted by Gasteiger charge is -2.09. The highest BCUT2D eigenvalue weighted by Crippen LogP contribution is 2.29. The number of allylic oxidation sites excluding steroid dienone is 1. The molecule has 1 aromatic carbocycles. The van der Waals surface area contributed by atoms with Crippen LogP contribution in [0.5, 0.6) is 0 Å². The molecule has 0 unspecified atom stereocenters. The summed E-state index contributed by atoms with van der Waals surface area (Å²) in [7, 11) is 0. The van der Waals surface area contributed by atoms with Gasteiger partial charge in [-0.3, -0.25) is 0 Å². The van der Waals surface area contributed by atoms with E-state index in [1.54, 1.807) is 6.07 Å². The number of alkyl halides is 3. The maximum absolute atomic E-state index is 12.4. The molecule has 0 aromatic heterocycles. The first kappa shape index (κ1) is 11.8. The van der Waals surface area contributed by atoms with E-state index in [1.807, 2.05) is 6.92 Å². The van der Waals surface area contributed by atoms with E-state index in [4.69, 9.17) is 0 Å². The van der Waals surface area contributed by atoms with E-state index in [2.05, 4.69) is 6.58 Å². The van der Waals surface area contributed by atoms with Crippen LogP contribution in [0.2, 0.25) is 0 Å². The van der Waals surface area contributed by atoms with Crippen LogP contribution in [0.25, 0.3) is 0 Å². The monoisotopic (exact) mass is 214 g/mol. The van der Waals surface area contributed by atoms with Crippen molar-refractivity contribution in [3.8, 4) is 0 Å². The molecule has 15 heavy (non-hydrogen) atoms. The minimum absolute atomic E-state index is 0.514. The van der Waals surface area contributed by atoms with Crippen LogP contribution in [0.4, 0.5) is 13.2 Å². The fourth-order valence-electron chi connectivity index (χ4n) is 1.27. The van der Waals surface area contributed by atoms with Gasteiger partial charge in [-0.05, 0) is 24.5 Å². The van der Waals surface area contributed by atoms with E-state index < -0.39 is 11.7 Å². The van der Waals surface area contributed by atoms with Gasteiger partial charge in [0.1, 0.15) is 0 Å². The summed E-state index contributed by atoms with van der Waals surface area (Å²) in [5.74, 6) is 0. The molecule has 3 heteroatoms. The standard InChI is InChI=1S/C12H13F3/c1-3-9(2)7-10-5-4-6-11(8-10)12(13,14)15/h4-6,8H,2-3,7H2,1H3. The molecule has 0 heterocycles. The van der Waals surface area contributed by atoms with Gasteiger partial charge in [0, 0.05) is 0 Å². The Morgan fingerprint density at radius 1 is 1.33 bits per heavy atom. The van der Waals surface area contributed by atoms with Crippen molar-refractivity contribution < 1.29 is 13.2 Å². The maximum atomic E-state index is 12.4. The van der Waals surface area contributed by atoms with Crippen LogP contribution in [-0.2, 0) is 12.6 Å². The van der Waals surface area contributed by atoms with Gasteiger partial charge in [-0.15, -0.1) is 0 Å². The third-order valence-electron chi connectivity index (χ3n) is 2.21. The summed E-state index contributed by atoms with van der Waals surface area (Å²) in [6.45, 7) is 5.72. The van der Waals surface area contributed by atoms with Crippen LogP contribution in [0.1, 0.15) is 24.5 Å². The van der Waals surface area contributed by atoms with Crippen LogP contribution < -0.4 is 0 Å². The second-order valence-electron chi connectivity index (χ2n) is 3.48. The largest absolute Gasteiger partial charge is 0.416 e. The second-order valence-corrected chi connectivity index (χ2v) is 3.48. The maximum Gasteiger partial charge on any atom is 0.416 e. The Kier molecular flexibility index (Phi) is 3.56. The SMILES string of the molecule is C=C(CC)Cc1cccc(C(F)(F)F)c1. The summed E-state index contributed by atoms with van der Waals surface area (Å²) in [6, 6.07) is 5.39. The van der Waals surface area contributed by atoms with Gasteiger partial charge in [0.05, 0.1) is 5.56 Å². The smallest absolute Gasteiger partial charge is 0.166 e. The molecular weight excluding hydrogens is 201 g/mol. The predicted molar refractivity (Wildman–Crippen MR) is 54.6 cm³/mol. The number of halogens is 3. The first-order chi connectivity index (χ1) is 6.93. The Bertz CT molecular complexity index is 350. The highest BCUT2D eigenvalue weighted by Gasteiger charge is 2.30. The van der Waals surface area contributed by atoms with E-state index in [0.29, 0.717) is 12.0 Å². The van der Waals surface area contributed by atoms with Gasteiger partial charge in [-0.1, -0.05) is 37.3 Å². The van der Waals surface area contributed by atoms with Crippen molar-refractivity contribution in [2.45, 2.75) is 25.9 Å². The molecule has 0 bridgehead atoms. The predicted octanol–water partition coefficient (Wildman–Crippen LogP) is 4.21. The molecule has 1 rings (SSSR count). The average molecular weight is 214 g/mol. The fraction of sp³-hybridized carbons (Fsp3) is 0.333. The molecule has 0 N–H and O–H groups in total. The number of rotatable bonds is 3. The van der Waals surface area contributed by atoms with Crippen LogP contribution in [-0.4, -0.2) is 0 Å². The summed E-state index contributed by atoms with van der Waals surface area (Å²) < 4.78 is 37.1. The Morgan fingerprint density at radius 3 is 2.53 bits per heavy atom. The third kappa shape index (κ3) is 3.42. The van der Waals surface area contributed by atoms with Gasteiger partial charge in [-0.25, -0.2) is 0 Å². The zero-order chi connectivity index (χ0) is 11.5. The summed E-state index contributed by atoms with van der Waals surface area (Å²) in [4.78, 5) is 0. The van der Waals surface area contributed by atoms with Gasteiger partial charge in [-0.2, -0.15) is 13.2 Å². The molecule has 0 spiro atoms. The van der Waals surface area contributed by atoms with Crippen LogP contribution in [0.3, 0.4) is 0 Å². The molecule has 0 aliphatic rings.